The second-order valence-electron chi connectivity index (χ2n) is 1.88. The summed E-state index contributed by atoms with van der Waals surface area (Å²) in [5, 5.41) is 17.8. The van der Waals surface area contributed by atoms with Crippen molar-refractivity contribution in [2.24, 2.45) is 0 Å². The number of phenols is 2. The molecule has 1 aromatic carbocycles. The Labute approximate surface area is 59.1 Å². The van der Waals surface area contributed by atoms with E-state index in [0.29, 0.717) is 5.56 Å². The molecule has 51 valence electrons. The maximum absolute atomic E-state index is 8.91. The first-order chi connectivity index (χ1) is 4.74. The molecular formula is C8H7O2. The molecule has 2 nitrogen and oxygen atoms in total. The fourth-order valence-electron chi connectivity index (χ4n) is 0.633. The molecule has 0 aromatic heterocycles. The van der Waals surface area contributed by atoms with Crippen LogP contribution in [0.5, 0.6) is 11.5 Å². The molecule has 0 amide bonds. The summed E-state index contributed by atoms with van der Waals surface area (Å²) in [6.45, 7) is 3.38. The van der Waals surface area contributed by atoms with Crippen molar-refractivity contribution in [2.75, 3.05) is 0 Å². The average molecular weight is 135 g/mol. The van der Waals surface area contributed by atoms with Crippen LogP contribution in [0.15, 0.2) is 24.8 Å². The standard InChI is InChI=1S/C8H7O2/c1-2-6-3-4-7(9)8(10)5-6/h3-5,9-10H,1H2. The molecule has 0 atom stereocenters. The fourth-order valence-corrected chi connectivity index (χ4v) is 0.633. The fraction of sp³-hybridized carbons (Fsp3) is 0. The van der Waals surface area contributed by atoms with Crippen LogP contribution in [0.1, 0.15) is 5.56 Å². The highest BCUT2D eigenvalue weighted by Gasteiger charge is 1.96. The highest BCUT2D eigenvalue weighted by Crippen LogP contribution is 2.24. The van der Waals surface area contributed by atoms with Crippen LogP contribution >= 0.6 is 0 Å². The average Bonchev–Trinajstić information content (AvgIpc) is 1.95. The molecule has 0 fully saturated rings. The zero-order valence-electron chi connectivity index (χ0n) is 5.33. The summed E-state index contributed by atoms with van der Waals surface area (Å²) >= 11 is 0. The predicted molar refractivity (Wildman–Crippen MR) is 37.7 cm³/mol. The van der Waals surface area contributed by atoms with Gasteiger partial charge in [0.25, 0.3) is 0 Å². The first-order valence-electron chi connectivity index (χ1n) is 2.79. The molecule has 0 heterocycles. The molecule has 2 heteroatoms. The largest absolute Gasteiger partial charge is 0.504 e. The smallest absolute Gasteiger partial charge is 0.158 e. The SMILES string of the molecule is C=[C]c1ccc(O)c(O)c1. The van der Waals surface area contributed by atoms with Crippen molar-refractivity contribution >= 4 is 0 Å². The number of benzene rings is 1. The third-order valence-corrected chi connectivity index (χ3v) is 1.18. The van der Waals surface area contributed by atoms with E-state index < -0.39 is 0 Å². The van der Waals surface area contributed by atoms with Crippen LogP contribution in [-0.2, 0) is 0 Å². The normalized spacial score (nSPS) is 9.20. The van der Waals surface area contributed by atoms with Crippen molar-refractivity contribution in [1.82, 2.24) is 0 Å². The summed E-state index contributed by atoms with van der Waals surface area (Å²) in [5.41, 5.74) is 0.662. The molecule has 1 rings (SSSR count). The summed E-state index contributed by atoms with van der Waals surface area (Å²) in [4.78, 5) is 0. The van der Waals surface area contributed by atoms with E-state index in [9.17, 15) is 0 Å². The Bertz CT molecular complexity index is 253. The highest BCUT2D eigenvalue weighted by molar-refractivity contribution is 5.42. The molecule has 10 heavy (non-hydrogen) atoms. The van der Waals surface area contributed by atoms with Crippen LogP contribution < -0.4 is 0 Å². The highest BCUT2D eigenvalue weighted by atomic mass is 16.3. The van der Waals surface area contributed by atoms with Gasteiger partial charge in [-0.05, 0) is 23.8 Å². The molecule has 0 aliphatic carbocycles. The third kappa shape index (κ3) is 1.10. The second kappa shape index (κ2) is 2.43. The number of hydrogen-bond acceptors (Lipinski definition) is 2. The van der Waals surface area contributed by atoms with Crippen LogP contribution in [0.3, 0.4) is 0 Å². The lowest BCUT2D eigenvalue weighted by Gasteiger charge is -1.96. The number of aromatic hydroxyl groups is 2. The molecule has 0 bridgehead atoms. The van der Waals surface area contributed by atoms with E-state index in [1.54, 1.807) is 6.07 Å². The summed E-state index contributed by atoms with van der Waals surface area (Å²) in [6.07, 6.45) is 2.57. The van der Waals surface area contributed by atoms with Gasteiger partial charge in [0.2, 0.25) is 0 Å². The molecule has 0 saturated carbocycles. The Morgan fingerprint density at radius 2 is 1.90 bits per heavy atom. The minimum Gasteiger partial charge on any atom is -0.504 e. The lowest BCUT2D eigenvalue weighted by Crippen LogP contribution is -1.72. The van der Waals surface area contributed by atoms with Crippen LogP contribution in [0.25, 0.3) is 0 Å². The molecule has 1 aromatic rings. The molecule has 0 saturated heterocycles. The topological polar surface area (TPSA) is 40.5 Å². The van der Waals surface area contributed by atoms with E-state index in [0.717, 1.165) is 0 Å². The predicted octanol–water partition coefficient (Wildman–Crippen LogP) is 1.44. The van der Waals surface area contributed by atoms with E-state index in [2.05, 4.69) is 12.7 Å². The summed E-state index contributed by atoms with van der Waals surface area (Å²) < 4.78 is 0. The van der Waals surface area contributed by atoms with Gasteiger partial charge in [0.15, 0.2) is 11.5 Å². The quantitative estimate of drug-likeness (QED) is 0.572. The van der Waals surface area contributed by atoms with Crippen LogP contribution in [0.4, 0.5) is 0 Å². The lowest BCUT2D eigenvalue weighted by molar-refractivity contribution is 0.403. The molecule has 0 aliphatic rings. The van der Waals surface area contributed by atoms with E-state index in [-0.39, 0.29) is 11.5 Å². The summed E-state index contributed by atoms with van der Waals surface area (Å²) in [6, 6.07) is 4.40. The van der Waals surface area contributed by atoms with Crippen LogP contribution in [0.2, 0.25) is 0 Å². The Hall–Kier alpha value is -1.44. The molecule has 0 spiro atoms. The molecule has 2 N–H and O–H groups in total. The van der Waals surface area contributed by atoms with Gasteiger partial charge < -0.3 is 10.2 Å². The zero-order chi connectivity index (χ0) is 7.56. The van der Waals surface area contributed by atoms with Crippen molar-refractivity contribution in [2.45, 2.75) is 0 Å². The summed E-state index contributed by atoms with van der Waals surface area (Å²) in [5.74, 6) is -0.271. The van der Waals surface area contributed by atoms with Gasteiger partial charge in [-0.3, -0.25) is 0 Å². The van der Waals surface area contributed by atoms with Crippen LogP contribution in [0, 0.1) is 6.08 Å². The van der Waals surface area contributed by atoms with Gasteiger partial charge >= 0.3 is 0 Å². The van der Waals surface area contributed by atoms with E-state index in [1.165, 1.54) is 12.1 Å². The van der Waals surface area contributed by atoms with Crippen molar-refractivity contribution in [3.63, 3.8) is 0 Å². The number of phenolic OH excluding ortho intramolecular Hbond substituents is 2. The molecule has 0 aliphatic heterocycles. The Morgan fingerprint density at radius 3 is 2.40 bits per heavy atom. The third-order valence-electron chi connectivity index (χ3n) is 1.18. The van der Waals surface area contributed by atoms with Crippen LogP contribution in [-0.4, -0.2) is 10.2 Å². The first-order valence-corrected chi connectivity index (χ1v) is 2.79. The Morgan fingerprint density at radius 1 is 1.20 bits per heavy atom. The van der Waals surface area contributed by atoms with Gasteiger partial charge in [-0.15, -0.1) is 0 Å². The second-order valence-corrected chi connectivity index (χ2v) is 1.88. The number of rotatable bonds is 1. The molecule has 0 unspecified atom stereocenters. The monoisotopic (exact) mass is 135 g/mol. The van der Waals surface area contributed by atoms with Crippen molar-refractivity contribution in [3.05, 3.63) is 36.4 Å². The van der Waals surface area contributed by atoms with Crippen molar-refractivity contribution in [3.8, 4) is 11.5 Å². The van der Waals surface area contributed by atoms with E-state index in [1.807, 2.05) is 0 Å². The van der Waals surface area contributed by atoms with E-state index >= 15 is 0 Å². The van der Waals surface area contributed by atoms with Crippen molar-refractivity contribution < 1.29 is 10.2 Å². The van der Waals surface area contributed by atoms with Gasteiger partial charge in [0.1, 0.15) is 0 Å². The van der Waals surface area contributed by atoms with Gasteiger partial charge in [0.05, 0.1) is 0 Å². The van der Waals surface area contributed by atoms with Crippen molar-refractivity contribution in [1.29, 1.82) is 0 Å². The van der Waals surface area contributed by atoms with E-state index in [4.69, 9.17) is 10.2 Å². The maximum Gasteiger partial charge on any atom is 0.158 e. The maximum atomic E-state index is 8.91. The molecular weight excluding hydrogens is 128 g/mol. The Kier molecular flexibility index (Phi) is 1.63. The summed E-state index contributed by atoms with van der Waals surface area (Å²) in [7, 11) is 0. The minimum absolute atomic E-state index is 0.126. The Balaban J connectivity index is 3.16. The first kappa shape index (κ1) is 6.68. The van der Waals surface area contributed by atoms with Gasteiger partial charge in [-0.1, -0.05) is 12.6 Å². The minimum atomic E-state index is -0.145. The van der Waals surface area contributed by atoms with Gasteiger partial charge in [-0.25, -0.2) is 0 Å². The van der Waals surface area contributed by atoms with Gasteiger partial charge in [-0.2, -0.15) is 0 Å². The van der Waals surface area contributed by atoms with Gasteiger partial charge in [0, 0.05) is 0 Å². The molecule has 1 radical (unpaired) electrons. The lowest BCUT2D eigenvalue weighted by atomic mass is 10.2. The number of hydrogen-bond donors (Lipinski definition) is 2. The zero-order valence-corrected chi connectivity index (χ0v) is 5.33.